The summed E-state index contributed by atoms with van der Waals surface area (Å²) in [4.78, 5) is 14.1. The molecule has 0 aliphatic carbocycles. The molecule has 19 heavy (non-hydrogen) atoms. The van der Waals surface area contributed by atoms with Crippen LogP contribution in [0.4, 0.5) is 0 Å². The Labute approximate surface area is 117 Å². The molecule has 4 heteroatoms. The van der Waals surface area contributed by atoms with E-state index in [9.17, 15) is 4.79 Å². The highest BCUT2D eigenvalue weighted by Gasteiger charge is 2.21. The van der Waals surface area contributed by atoms with Gasteiger partial charge in [0.1, 0.15) is 0 Å². The maximum atomic E-state index is 11.7. The Morgan fingerprint density at radius 2 is 2.05 bits per heavy atom. The van der Waals surface area contributed by atoms with Crippen LogP contribution in [-0.4, -0.2) is 49.7 Å². The summed E-state index contributed by atoms with van der Waals surface area (Å²) in [6.45, 7) is 11.1. The van der Waals surface area contributed by atoms with E-state index in [1.807, 2.05) is 0 Å². The molecule has 0 bridgehead atoms. The molecule has 1 N–H and O–H groups in total. The topological polar surface area (TPSA) is 41.6 Å². The Bertz CT molecular complexity index is 249. The third-order valence-electron chi connectivity index (χ3n) is 3.61. The molecule has 112 valence electrons. The summed E-state index contributed by atoms with van der Waals surface area (Å²) in [5, 5.41) is 2.97. The smallest absolute Gasteiger partial charge is 0.220 e. The first kappa shape index (κ1) is 16.4. The molecule has 4 nitrogen and oxygen atoms in total. The van der Waals surface area contributed by atoms with E-state index < -0.39 is 0 Å². The van der Waals surface area contributed by atoms with Crippen LogP contribution >= 0.6 is 0 Å². The van der Waals surface area contributed by atoms with Crippen molar-refractivity contribution in [2.75, 3.05) is 32.8 Å². The average Bonchev–Trinajstić information content (AvgIpc) is 2.38. The number of ether oxygens (including phenoxy) is 1. The van der Waals surface area contributed by atoms with Crippen LogP contribution in [0.1, 0.15) is 46.5 Å². The quantitative estimate of drug-likeness (QED) is 0.734. The highest BCUT2D eigenvalue weighted by molar-refractivity contribution is 5.76. The molecule has 0 atom stereocenters. The average molecular weight is 270 g/mol. The van der Waals surface area contributed by atoms with Gasteiger partial charge in [0, 0.05) is 19.5 Å². The zero-order valence-corrected chi connectivity index (χ0v) is 12.8. The van der Waals surface area contributed by atoms with Crippen LogP contribution in [0.5, 0.6) is 0 Å². The number of amides is 1. The van der Waals surface area contributed by atoms with Gasteiger partial charge in [0.15, 0.2) is 0 Å². The summed E-state index contributed by atoms with van der Waals surface area (Å²) in [6, 6.07) is 0. The Morgan fingerprint density at radius 3 is 2.63 bits per heavy atom. The SMILES string of the molecule is CCCNC(=O)CC1CCN(CCOC(C)C)CC1. The van der Waals surface area contributed by atoms with Crippen molar-refractivity contribution < 1.29 is 9.53 Å². The summed E-state index contributed by atoms with van der Waals surface area (Å²) in [6.07, 6.45) is 4.32. The molecule has 1 heterocycles. The minimum absolute atomic E-state index is 0.225. The summed E-state index contributed by atoms with van der Waals surface area (Å²) < 4.78 is 5.57. The first-order valence-corrected chi connectivity index (χ1v) is 7.72. The van der Waals surface area contributed by atoms with E-state index in [2.05, 4.69) is 31.0 Å². The monoisotopic (exact) mass is 270 g/mol. The number of hydrogen-bond donors (Lipinski definition) is 1. The lowest BCUT2D eigenvalue weighted by molar-refractivity contribution is -0.122. The Balaban J connectivity index is 2.09. The molecule has 1 aliphatic rings. The first-order valence-electron chi connectivity index (χ1n) is 7.72. The van der Waals surface area contributed by atoms with Gasteiger partial charge in [0.05, 0.1) is 12.7 Å². The fourth-order valence-electron chi connectivity index (χ4n) is 2.43. The molecule has 0 unspecified atom stereocenters. The lowest BCUT2D eigenvalue weighted by atomic mass is 9.93. The number of nitrogens with one attached hydrogen (secondary N) is 1. The van der Waals surface area contributed by atoms with Crippen molar-refractivity contribution in [3.8, 4) is 0 Å². The van der Waals surface area contributed by atoms with E-state index in [1.54, 1.807) is 0 Å². The van der Waals surface area contributed by atoms with E-state index in [0.29, 0.717) is 18.4 Å². The molecule has 0 aromatic carbocycles. The van der Waals surface area contributed by atoms with Crippen molar-refractivity contribution in [1.82, 2.24) is 10.2 Å². The van der Waals surface area contributed by atoms with Gasteiger partial charge in [-0.2, -0.15) is 0 Å². The molecule has 1 saturated heterocycles. The number of nitrogens with zero attached hydrogens (tertiary/aromatic N) is 1. The molecular weight excluding hydrogens is 240 g/mol. The predicted octanol–water partition coefficient (Wildman–Crippen LogP) is 2.04. The van der Waals surface area contributed by atoms with Crippen LogP contribution in [0, 0.1) is 5.92 Å². The van der Waals surface area contributed by atoms with E-state index in [0.717, 1.165) is 52.0 Å². The fraction of sp³-hybridized carbons (Fsp3) is 0.933. The molecule has 1 rings (SSSR count). The molecular formula is C15H30N2O2. The van der Waals surface area contributed by atoms with Gasteiger partial charge in [0.2, 0.25) is 5.91 Å². The van der Waals surface area contributed by atoms with E-state index in [-0.39, 0.29) is 5.91 Å². The Kier molecular flexibility index (Phi) is 8.07. The van der Waals surface area contributed by atoms with Crippen molar-refractivity contribution in [3.63, 3.8) is 0 Å². The largest absolute Gasteiger partial charge is 0.377 e. The number of rotatable bonds is 8. The second-order valence-corrected chi connectivity index (χ2v) is 5.76. The third kappa shape index (κ3) is 7.53. The van der Waals surface area contributed by atoms with Crippen LogP contribution in [-0.2, 0) is 9.53 Å². The zero-order chi connectivity index (χ0) is 14.1. The summed E-state index contributed by atoms with van der Waals surface area (Å²) in [7, 11) is 0. The minimum atomic E-state index is 0.225. The lowest BCUT2D eigenvalue weighted by Gasteiger charge is -2.31. The molecule has 1 amide bonds. The van der Waals surface area contributed by atoms with Gasteiger partial charge in [-0.05, 0) is 52.1 Å². The zero-order valence-electron chi connectivity index (χ0n) is 12.8. The number of hydrogen-bond acceptors (Lipinski definition) is 3. The second-order valence-electron chi connectivity index (χ2n) is 5.76. The molecule has 0 spiro atoms. The van der Waals surface area contributed by atoms with Gasteiger partial charge in [-0.25, -0.2) is 0 Å². The van der Waals surface area contributed by atoms with Gasteiger partial charge in [-0.1, -0.05) is 6.92 Å². The van der Waals surface area contributed by atoms with Crippen molar-refractivity contribution in [2.45, 2.75) is 52.6 Å². The first-order chi connectivity index (χ1) is 9.11. The van der Waals surface area contributed by atoms with Crippen molar-refractivity contribution in [1.29, 1.82) is 0 Å². The van der Waals surface area contributed by atoms with Gasteiger partial charge >= 0.3 is 0 Å². The van der Waals surface area contributed by atoms with Crippen LogP contribution < -0.4 is 5.32 Å². The molecule has 0 aromatic heterocycles. The van der Waals surface area contributed by atoms with Crippen molar-refractivity contribution >= 4 is 5.91 Å². The van der Waals surface area contributed by atoms with Gasteiger partial charge in [0.25, 0.3) is 0 Å². The number of piperidine rings is 1. The van der Waals surface area contributed by atoms with Gasteiger partial charge in [-0.15, -0.1) is 0 Å². The van der Waals surface area contributed by atoms with E-state index >= 15 is 0 Å². The third-order valence-corrected chi connectivity index (χ3v) is 3.61. The van der Waals surface area contributed by atoms with Crippen LogP contribution in [0.25, 0.3) is 0 Å². The highest BCUT2D eigenvalue weighted by atomic mass is 16.5. The Morgan fingerprint density at radius 1 is 1.37 bits per heavy atom. The summed E-state index contributed by atoms with van der Waals surface area (Å²) >= 11 is 0. The highest BCUT2D eigenvalue weighted by Crippen LogP contribution is 2.20. The second kappa shape index (κ2) is 9.32. The molecule has 0 saturated carbocycles. The van der Waals surface area contributed by atoms with Gasteiger partial charge in [-0.3, -0.25) is 4.79 Å². The lowest BCUT2D eigenvalue weighted by Crippen LogP contribution is -2.38. The van der Waals surface area contributed by atoms with Crippen LogP contribution in [0.15, 0.2) is 0 Å². The van der Waals surface area contributed by atoms with Crippen LogP contribution in [0.2, 0.25) is 0 Å². The van der Waals surface area contributed by atoms with Crippen molar-refractivity contribution in [3.05, 3.63) is 0 Å². The molecule has 0 radical (unpaired) electrons. The molecule has 1 aliphatic heterocycles. The van der Waals surface area contributed by atoms with Gasteiger partial charge < -0.3 is 15.0 Å². The molecule has 1 fully saturated rings. The molecule has 0 aromatic rings. The van der Waals surface area contributed by atoms with E-state index in [1.165, 1.54) is 0 Å². The minimum Gasteiger partial charge on any atom is -0.377 e. The van der Waals surface area contributed by atoms with E-state index in [4.69, 9.17) is 4.74 Å². The number of likely N-dealkylation sites (tertiary alicyclic amines) is 1. The fourth-order valence-corrected chi connectivity index (χ4v) is 2.43. The Hall–Kier alpha value is -0.610. The maximum Gasteiger partial charge on any atom is 0.220 e. The van der Waals surface area contributed by atoms with Crippen molar-refractivity contribution in [2.24, 2.45) is 5.92 Å². The number of carbonyl (C=O) groups is 1. The summed E-state index contributed by atoms with van der Waals surface area (Å²) in [5.41, 5.74) is 0. The number of carbonyl (C=O) groups excluding carboxylic acids is 1. The van der Waals surface area contributed by atoms with Crippen LogP contribution in [0.3, 0.4) is 0 Å². The normalized spacial score (nSPS) is 17.9. The standard InChI is InChI=1S/C15H30N2O2/c1-4-7-16-15(18)12-14-5-8-17(9-6-14)10-11-19-13(2)3/h13-14H,4-12H2,1-3H3,(H,16,18). The maximum absolute atomic E-state index is 11.7. The summed E-state index contributed by atoms with van der Waals surface area (Å²) in [5.74, 6) is 0.794. The predicted molar refractivity (Wildman–Crippen MR) is 78.2 cm³/mol.